The topological polar surface area (TPSA) is 63.0 Å². The van der Waals surface area contributed by atoms with Crippen LogP contribution in [0.3, 0.4) is 0 Å². The molecule has 0 saturated heterocycles. The van der Waals surface area contributed by atoms with Gasteiger partial charge in [-0.2, -0.15) is 5.10 Å². The third-order valence-electron chi connectivity index (χ3n) is 3.63. The Balaban J connectivity index is 1.85. The van der Waals surface area contributed by atoms with Crippen LogP contribution in [0.15, 0.2) is 35.7 Å². The van der Waals surface area contributed by atoms with E-state index in [2.05, 4.69) is 39.8 Å². The van der Waals surface area contributed by atoms with Gasteiger partial charge in [0.2, 0.25) is 0 Å². The zero-order valence-corrected chi connectivity index (χ0v) is 14.1. The Kier molecular flexibility index (Phi) is 4.73. The number of hydrogen-bond acceptors (Lipinski definition) is 5. The number of aliphatic hydroxyl groups excluding tert-OH is 1. The zero-order valence-electron chi connectivity index (χ0n) is 13.3. The van der Waals surface area contributed by atoms with Gasteiger partial charge in [0.25, 0.3) is 0 Å². The van der Waals surface area contributed by atoms with Gasteiger partial charge < -0.3 is 10.4 Å². The molecule has 0 saturated carbocycles. The van der Waals surface area contributed by atoms with Crippen molar-refractivity contribution < 1.29 is 5.11 Å². The molecule has 0 radical (unpaired) electrons. The van der Waals surface area contributed by atoms with Crippen molar-refractivity contribution in [1.82, 2.24) is 14.8 Å². The van der Waals surface area contributed by atoms with Crippen LogP contribution >= 0.6 is 11.3 Å². The SMILES string of the molecule is Cc1nc(CNc2cc(-c3ccccc3C)nn2CCO)cs1. The maximum Gasteiger partial charge on any atom is 0.125 e. The number of hydrogen-bond donors (Lipinski definition) is 2. The van der Waals surface area contributed by atoms with E-state index in [0.717, 1.165) is 27.8 Å². The number of aliphatic hydroxyl groups is 1. The lowest BCUT2D eigenvalue weighted by molar-refractivity contribution is 0.270. The number of aromatic nitrogens is 3. The molecule has 120 valence electrons. The highest BCUT2D eigenvalue weighted by atomic mass is 32.1. The fraction of sp³-hybridized carbons (Fsp3) is 0.294. The monoisotopic (exact) mass is 328 g/mol. The van der Waals surface area contributed by atoms with Gasteiger partial charge in [-0.15, -0.1) is 11.3 Å². The number of rotatable bonds is 6. The molecule has 23 heavy (non-hydrogen) atoms. The highest BCUT2D eigenvalue weighted by Gasteiger charge is 2.11. The van der Waals surface area contributed by atoms with Crippen LogP contribution in [0.2, 0.25) is 0 Å². The van der Waals surface area contributed by atoms with Gasteiger partial charge in [0.1, 0.15) is 5.82 Å². The van der Waals surface area contributed by atoms with Gasteiger partial charge in [0.15, 0.2) is 0 Å². The third kappa shape index (κ3) is 3.60. The fourth-order valence-electron chi connectivity index (χ4n) is 2.49. The van der Waals surface area contributed by atoms with Crippen molar-refractivity contribution in [3.63, 3.8) is 0 Å². The van der Waals surface area contributed by atoms with E-state index in [4.69, 9.17) is 0 Å². The van der Waals surface area contributed by atoms with Crippen molar-refractivity contribution in [3.05, 3.63) is 52.0 Å². The van der Waals surface area contributed by atoms with Crippen LogP contribution in [-0.4, -0.2) is 26.5 Å². The molecule has 5 nitrogen and oxygen atoms in total. The molecule has 0 aliphatic rings. The lowest BCUT2D eigenvalue weighted by Gasteiger charge is -2.07. The van der Waals surface area contributed by atoms with E-state index in [0.29, 0.717) is 13.1 Å². The molecule has 3 rings (SSSR count). The Bertz CT molecular complexity index is 793. The largest absolute Gasteiger partial charge is 0.394 e. The summed E-state index contributed by atoms with van der Waals surface area (Å²) in [7, 11) is 0. The van der Waals surface area contributed by atoms with Gasteiger partial charge in [-0.3, -0.25) is 0 Å². The number of nitrogens with zero attached hydrogens (tertiary/aromatic N) is 3. The maximum absolute atomic E-state index is 9.27. The van der Waals surface area contributed by atoms with Crippen LogP contribution in [0, 0.1) is 13.8 Å². The summed E-state index contributed by atoms with van der Waals surface area (Å²) in [5.74, 6) is 0.892. The molecule has 0 fully saturated rings. The second-order valence-corrected chi connectivity index (χ2v) is 6.45. The van der Waals surface area contributed by atoms with Gasteiger partial charge in [0.05, 0.1) is 36.1 Å². The summed E-state index contributed by atoms with van der Waals surface area (Å²) in [4.78, 5) is 4.46. The molecule has 6 heteroatoms. The molecule has 0 aliphatic heterocycles. The quantitative estimate of drug-likeness (QED) is 0.729. The van der Waals surface area contributed by atoms with E-state index >= 15 is 0 Å². The lowest BCUT2D eigenvalue weighted by Crippen LogP contribution is -2.10. The molecule has 0 atom stereocenters. The molecule has 2 heterocycles. The van der Waals surface area contributed by atoms with Crippen molar-refractivity contribution in [2.24, 2.45) is 0 Å². The predicted octanol–water partition coefficient (Wildman–Crippen LogP) is 3.23. The van der Waals surface area contributed by atoms with Crippen LogP contribution in [-0.2, 0) is 13.1 Å². The van der Waals surface area contributed by atoms with E-state index in [-0.39, 0.29) is 6.61 Å². The minimum absolute atomic E-state index is 0.0549. The number of nitrogens with one attached hydrogen (secondary N) is 1. The summed E-state index contributed by atoms with van der Waals surface area (Å²) in [5.41, 5.74) is 4.22. The first-order valence-electron chi connectivity index (χ1n) is 7.57. The van der Waals surface area contributed by atoms with Crippen molar-refractivity contribution in [3.8, 4) is 11.3 Å². The van der Waals surface area contributed by atoms with E-state index in [1.165, 1.54) is 5.56 Å². The van der Waals surface area contributed by atoms with Gasteiger partial charge in [-0.25, -0.2) is 9.67 Å². The summed E-state index contributed by atoms with van der Waals surface area (Å²) in [6.07, 6.45) is 0. The summed E-state index contributed by atoms with van der Waals surface area (Å²) in [6.45, 7) is 5.24. The van der Waals surface area contributed by atoms with Gasteiger partial charge in [-0.1, -0.05) is 24.3 Å². The van der Waals surface area contributed by atoms with Gasteiger partial charge in [-0.05, 0) is 19.4 Å². The number of aryl methyl sites for hydroxylation is 2. The molecule has 3 aromatic rings. The minimum Gasteiger partial charge on any atom is -0.394 e. The van der Waals surface area contributed by atoms with Crippen LogP contribution in [0.1, 0.15) is 16.3 Å². The Hall–Kier alpha value is -2.18. The second kappa shape index (κ2) is 6.93. The van der Waals surface area contributed by atoms with Crippen molar-refractivity contribution in [2.45, 2.75) is 26.9 Å². The molecule has 2 aromatic heterocycles. The molecule has 0 unspecified atom stereocenters. The first-order chi connectivity index (χ1) is 11.2. The molecule has 0 bridgehead atoms. The van der Waals surface area contributed by atoms with E-state index in [1.807, 2.05) is 25.1 Å². The van der Waals surface area contributed by atoms with Gasteiger partial charge in [0, 0.05) is 17.0 Å². The standard InChI is InChI=1S/C17H20N4OS/c1-12-5-3-4-6-15(12)16-9-17(21(20-16)7-8-22)18-10-14-11-23-13(2)19-14/h3-6,9,11,18,22H,7-8,10H2,1-2H3. The van der Waals surface area contributed by atoms with Crippen LogP contribution in [0.5, 0.6) is 0 Å². The number of anilines is 1. The molecular formula is C17H20N4OS. The highest BCUT2D eigenvalue weighted by Crippen LogP contribution is 2.25. The van der Waals surface area contributed by atoms with Gasteiger partial charge >= 0.3 is 0 Å². The third-order valence-corrected chi connectivity index (χ3v) is 4.45. The van der Waals surface area contributed by atoms with E-state index < -0.39 is 0 Å². The minimum atomic E-state index is 0.0549. The lowest BCUT2D eigenvalue weighted by atomic mass is 10.1. The molecule has 0 aliphatic carbocycles. The average Bonchev–Trinajstić information content (AvgIpc) is 3.12. The highest BCUT2D eigenvalue weighted by molar-refractivity contribution is 7.09. The Labute approximate surface area is 139 Å². The summed E-state index contributed by atoms with van der Waals surface area (Å²) >= 11 is 1.64. The van der Waals surface area contributed by atoms with Crippen molar-refractivity contribution in [2.75, 3.05) is 11.9 Å². The average molecular weight is 328 g/mol. The first kappa shape index (κ1) is 15.7. The number of benzene rings is 1. The fourth-order valence-corrected chi connectivity index (χ4v) is 3.10. The maximum atomic E-state index is 9.27. The molecule has 0 spiro atoms. The van der Waals surface area contributed by atoms with Crippen molar-refractivity contribution in [1.29, 1.82) is 0 Å². The normalized spacial score (nSPS) is 10.9. The van der Waals surface area contributed by atoms with Crippen LogP contribution in [0.25, 0.3) is 11.3 Å². The Morgan fingerprint density at radius 1 is 1.26 bits per heavy atom. The molecule has 1 aromatic carbocycles. The summed E-state index contributed by atoms with van der Waals surface area (Å²) < 4.78 is 1.81. The van der Waals surface area contributed by atoms with Crippen LogP contribution < -0.4 is 5.32 Å². The second-order valence-electron chi connectivity index (χ2n) is 5.39. The molecule has 0 amide bonds. The summed E-state index contributed by atoms with van der Waals surface area (Å²) in [5, 5.41) is 20.4. The zero-order chi connectivity index (χ0) is 16.2. The Morgan fingerprint density at radius 2 is 2.09 bits per heavy atom. The number of thiazole rings is 1. The van der Waals surface area contributed by atoms with Crippen molar-refractivity contribution >= 4 is 17.2 Å². The summed E-state index contributed by atoms with van der Waals surface area (Å²) in [6, 6.07) is 10.2. The predicted molar refractivity (Wildman–Crippen MR) is 93.7 cm³/mol. The first-order valence-corrected chi connectivity index (χ1v) is 8.45. The Morgan fingerprint density at radius 3 is 2.78 bits per heavy atom. The van der Waals surface area contributed by atoms with E-state index in [9.17, 15) is 5.11 Å². The van der Waals surface area contributed by atoms with E-state index in [1.54, 1.807) is 16.0 Å². The van der Waals surface area contributed by atoms with Crippen LogP contribution in [0.4, 0.5) is 5.82 Å². The molecular weight excluding hydrogens is 308 g/mol. The molecule has 2 N–H and O–H groups in total. The smallest absolute Gasteiger partial charge is 0.125 e.